The first kappa shape index (κ1) is 12.2. The predicted octanol–water partition coefficient (Wildman–Crippen LogP) is 1.57. The highest BCUT2D eigenvalue weighted by molar-refractivity contribution is 9.10. The fourth-order valence-electron chi connectivity index (χ4n) is 1.43. The molecule has 0 unspecified atom stereocenters. The Morgan fingerprint density at radius 1 is 1.59 bits per heavy atom. The predicted molar refractivity (Wildman–Crippen MR) is 71.6 cm³/mol. The topological polar surface area (TPSA) is 79.5 Å². The number of nitrogens with zero attached hydrogens (tertiary/aromatic N) is 1. The lowest BCUT2D eigenvalue weighted by molar-refractivity contribution is 0.100. The summed E-state index contributed by atoms with van der Waals surface area (Å²) in [4.78, 5) is 15.2. The lowest BCUT2D eigenvalue weighted by Gasteiger charge is -2.11. The van der Waals surface area contributed by atoms with Crippen LogP contribution in [-0.2, 0) is 0 Å². The molecule has 0 saturated heterocycles. The molecule has 17 heavy (non-hydrogen) atoms. The van der Waals surface area contributed by atoms with Gasteiger partial charge in [-0.15, -0.1) is 0 Å². The van der Waals surface area contributed by atoms with E-state index in [1.807, 2.05) is 0 Å². The monoisotopic (exact) mass is 316 g/mol. The van der Waals surface area contributed by atoms with Gasteiger partial charge in [0.05, 0.1) is 17.3 Å². The molecule has 1 aliphatic heterocycles. The van der Waals surface area contributed by atoms with Crippen molar-refractivity contribution in [3.05, 3.63) is 27.2 Å². The number of carbonyl (C=O) groups is 1. The highest BCUT2D eigenvalue weighted by Crippen LogP contribution is 2.32. The van der Waals surface area contributed by atoms with Crippen LogP contribution in [0.3, 0.4) is 0 Å². The van der Waals surface area contributed by atoms with Crippen LogP contribution in [0.2, 0.25) is 5.02 Å². The van der Waals surface area contributed by atoms with Gasteiger partial charge in [-0.05, 0) is 28.1 Å². The summed E-state index contributed by atoms with van der Waals surface area (Å²) in [5.41, 5.74) is 6.20. The van der Waals surface area contributed by atoms with Crippen LogP contribution < -0.4 is 16.4 Å². The van der Waals surface area contributed by atoms with Gasteiger partial charge in [0, 0.05) is 16.6 Å². The minimum absolute atomic E-state index is 0.355. The van der Waals surface area contributed by atoms with Crippen LogP contribution >= 0.6 is 27.5 Å². The maximum absolute atomic E-state index is 11.0. The molecule has 0 bridgehead atoms. The molecule has 1 heterocycles. The Morgan fingerprint density at radius 3 is 2.88 bits per heavy atom. The van der Waals surface area contributed by atoms with E-state index < -0.39 is 5.91 Å². The van der Waals surface area contributed by atoms with E-state index in [0.29, 0.717) is 26.7 Å². The van der Waals surface area contributed by atoms with Gasteiger partial charge in [0.2, 0.25) is 5.91 Å². The molecule has 7 heteroatoms. The zero-order chi connectivity index (χ0) is 12.4. The molecule has 2 rings (SSSR count). The largest absolute Gasteiger partial charge is 0.366 e. The minimum Gasteiger partial charge on any atom is -0.366 e. The van der Waals surface area contributed by atoms with E-state index in [0.717, 1.165) is 13.1 Å². The van der Waals surface area contributed by atoms with Crippen molar-refractivity contribution in [1.29, 1.82) is 0 Å². The molecule has 1 amide bonds. The van der Waals surface area contributed by atoms with E-state index in [-0.39, 0.29) is 0 Å². The number of amides is 1. The molecular weight excluding hydrogens is 307 g/mol. The van der Waals surface area contributed by atoms with Gasteiger partial charge in [-0.1, -0.05) is 11.6 Å². The van der Waals surface area contributed by atoms with Gasteiger partial charge in [-0.25, -0.2) is 0 Å². The summed E-state index contributed by atoms with van der Waals surface area (Å²) in [5.74, 6) is 0.148. The van der Waals surface area contributed by atoms with Crippen molar-refractivity contribution in [2.24, 2.45) is 10.7 Å². The maximum atomic E-state index is 11.0. The highest BCUT2D eigenvalue weighted by atomic mass is 79.9. The second-order valence-electron chi connectivity index (χ2n) is 3.46. The zero-order valence-electron chi connectivity index (χ0n) is 8.76. The smallest absolute Gasteiger partial charge is 0.248 e. The number of nitrogens with two attached hydrogens (primary N) is 1. The number of halogens is 2. The van der Waals surface area contributed by atoms with E-state index in [1.165, 1.54) is 6.07 Å². The van der Waals surface area contributed by atoms with Crippen molar-refractivity contribution in [3.8, 4) is 0 Å². The molecule has 1 aromatic carbocycles. The zero-order valence-corrected chi connectivity index (χ0v) is 11.1. The number of anilines is 1. The quantitative estimate of drug-likeness (QED) is 0.774. The van der Waals surface area contributed by atoms with Crippen molar-refractivity contribution in [2.45, 2.75) is 0 Å². The molecule has 0 spiro atoms. The number of guanidine groups is 1. The van der Waals surface area contributed by atoms with Gasteiger partial charge >= 0.3 is 0 Å². The second-order valence-corrected chi connectivity index (χ2v) is 4.72. The third kappa shape index (κ3) is 2.70. The summed E-state index contributed by atoms with van der Waals surface area (Å²) in [6.07, 6.45) is 0. The highest BCUT2D eigenvalue weighted by Gasteiger charge is 2.13. The normalized spacial score (nSPS) is 14.1. The molecular formula is C10H10BrClN4O. The molecule has 90 valence electrons. The molecule has 0 fully saturated rings. The Morgan fingerprint density at radius 2 is 2.35 bits per heavy atom. The standard InChI is InChI=1S/C10H10BrClN4O/c11-6-3-5(9(13)17)4-7(12)8(6)16-10-14-1-2-15-10/h3-4H,1-2H2,(H2,13,17)(H2,14,15,16). The number of carbonyl (C=O) groups excluding carboxylic acids is 1. The lowest BCUT2D eigenvalue weighted by Crippen LogP contribution is -2.26. The van der Waals surface area contributed by atoms with Crippen LogP contribution in [0.25, 0.3) is 0 Å². The summed E-state index contributed by atoms with van der Waals surface area (Å²) < 4.78 is 0.662. The summed E-state index contributed by atoms with van der Waals surface area (Å²) in [7, 11) is 0. The number of aliphatic imine (C=N–C) groups is 1. The number of primary amides is 1. The molecule has 1 aliphatic rings. The first-order valence-electron chi connectivity index (χ1n) is 4.92. The van der Waals surface area contributed by atoms with Gasteiger partial charge in [0.25, 0.3) is 0 Å². The first-order chi connectivity index (χ1) is 8.08. The van der Waals surface area contributed by atoms with Gasteiger partial charge < -0.3 is 16.4 Å². The third-order valence-electron chi connectivity index (χ3n) is 2.24. The minimum atomic E-state index is -0.518. The van der Waals surface area contributed by atoms with Gasteiger partial charge in [-0.3, -0.25) is 9.79 Å². The van der Waals surface area contributed by atoms with E-state index in [2.05, 4.69) is 31.6 Å². The number of benzene rings is 1. The molecule has 0 radical (unpaired) electrons. The number of rotatable bonds is 2. The van der Waals surface area contributed by atoms with Crippen LogP contribution in [-0.4, -0.2) is 25.0 Å². The van der Waals surface area contributed by atoms with Crippen molar-refractivity contribution in [1.82, 2.24) is 5.32 Å². The van der Waals surface area contributed by atoms with Crippen molar-refractivity contribution in [3.63, 3.8) is 0 Å². The van der Waals surface area contributed by atoms with E-state index in [1.54, 1.807) is 6.07 Å². The van der Waals surface area contributed by atoms with Gasteiger partial charge in [0.1, 0.15) is 0 Å². The van der Waals surface area contributed by atoms with E-state index in [4.69, 9.17) is 17.3 Å². The second kappa shape index (κ2) is 4.93. The fraction of sp³-hybridized carbons (Fsp3) is 0.200. The summed E-state index contributed by atoms with van der Waals surface area (Å²) >= 11 is 9.41. The Bertz CT molecular complexity index is 480. The number of hydrogen-bond acceptors (Lipinski definition) is 4. The Labute approximate surface area is 112 Å². The molecule has 5 nitrogen and oxygen atoms in total. The average Bonchev–Trinajstić information content (AvgIpc) is 2.75. The molecule has 1 aromatic rings. The van der Waals surface area contributed by atoms with Gasteiger partial charge in [-0.2, -0.15) is 0 Å². The number of hydrogen-bond donors (Lipinski definition) is 3. The van der Waals surface area contributed by atoms with Crippen LogP contribution in [0, 0.1) is 0 Å². The lowest BCUT2D eigenvalue weighted by atomic mass is 10.2. The van der Waals surface area contributed by atoms with Crippen LogP contribution in [0.1, 0.15) is 10.4 Å². The summed E-state index contributed by atoms with van der Waals surface area (Å²) in [6, 6.07) is 3.14. The van der Waals surface area contributed by atoms with E-state index in [9.17, 15) is 4.79 Å². The Kier molecular flexibility index (Phi) is 3.54. The maximum Gasteiger partial charge on any atom is 0.248 e. The summed E-state index contributed by atoms with van der Waals surface area (Å²) in [5, 5.41) is 6.52. The molecule has 0 aromatic heterocycles. The van der Waals surface area contributed by atoms with Crippen molar-refractivity contribution in [2.75, 3.05) is 18.4 Å². The Hall–Kier alpha value is -1.27. The summed E-state index contributed by atoms with van der Waals surface area (Å²) in [6.45, 7) is 1.54. The third-order valence-corrected chi connectivity index (χ3v) is 3.17. The molecule has 0 saturated carbocycles. The fourth-order valence-corrected chi connectivity index (χ4v) is 2.37. The van der Waals surface area contributed by atoms with Crippen LogP contribution in [0.5, 0.6) is 0 Å². The van der Waals surface area contributed by atoms with Crippen molar-refractivity contribution >= 4 is 45.1 Å². The first-order valence-corrected chi connectivity index (χ1v) is 6.09. The van der Waals surface area contributed by atoms with Gasteiger partial charge in [0.15, 0.2) is 5.96 Å². The van der Waals surface area contributed by atoms with Crippen LogP contribution in [0.15, 0.2) is 21.6 Å². The van der Waals surface area contributed by atoms with Crippen molar-refractivity contribution < 1.29 is 4.79 Å². The Balaban J connectivity index is 2.31. The molecule has 0 aliphatic carbocycles. The van der Waals surface area contributed by atoms with Crippen LogP contribution in [0.4, 0.5) is 5.69 Å². The average molecular weight is 318 g/mol. The molecule has 4 N–H and O–H groups in total. The number of nitrogens with one attached hydrogen (secondary N) is 2. The molecule has 0 atom stereocenters. The SMILES string of the molecule is NC(=O)c1cc(Cl)c(NC2=NCCN2)c(Br)c1. The van der Waals surface area contributed by atoms with E-state index >= 15 is 0 Å².